The van der Waals surface area contributed by atoms with Gasteiger partial charge in [0.2, 0.25) is 5.91 Å². The van der Waals surface area contributed by atoms with Crippen LogP contribution in [0.3, 0.4) is 0 Å². The summed E-state index contributed by atoms with van der Waals surface area (Å²) in [4.78, 5) is 30.4. The third-order valence-corrected chi connectivity index (χ3v) is 6.36. The number of pyridine rings is 1. The van der Waals surface area contributed by atoms with Gasteiger partial charge in [-0.25, -0.2) is 8.78 Å². The van der Waals surface area contributed by atoms with E-state index in [1.165, 1.54) is 38.3 Å². The third kappa shape index (κ3) is 5.36. The van der Waals surface area contributed by atoms with E-state index in [4.69, 9.17) is 5.26 Å². The summed E-state index contributed by atoms with van der Waals surface area (Å²) < 4.78 is 27.2. The van der Waals surface area contributed by atoms with Crippen LogP contribution in [0.15, 0.2) is 36.5 Å². The second-order valence-corrected chi connectivity index (χ2v) is 8.80. The molecule has 0 radical (unpaired) electrons. The number of alkyl halides is 2. The maximum atomic E-state index is 13.6. The Balaban J connectivity index is 1.47. The van der Waals surface area contributed by atoms with Gasteiger partial charge in [0, 0.05) is 18.0 Å². The summed E-state index contributed by atoms with van der Waals surface area (Å²) in [5.41, 5.74) is 1.96. The number of nitrogens with zero attached hydrogens (tertiary/aromatic N) is 3. The van der Waals surface area contributed by atoms with Crippen molar-refractivity contribution < 1.29 is 18.4 Å². The number of benzene rings is 1. The van der Waals surface area contributed by atoms with Crippen LogP contribution in [0.2, 0.25) is 0 Å². The van der Waals surface area contributed by atoms with Gasteiger partial charge in [-0.3, -0.25) is 14.6 Å². The average molecular weight is 453 g/mol. The van der Waals surface area contributed by atoms with Crippen molar-refractivity contribution in [2.45, 2.75) is 50.5 Å². The Morgan fingerprint density at radius 2 is 2.03 bits per heavy atom. The maximum Gasteiger partial charge on any atom is 0.268 e. The lowest BCUT2D eigenvalue weighted by molar-refractivity contribution is -0.131. The van der Waals surface area contributed by atoms with Gasteiger partial charge in [0.25, 0.3) is 11.8 Å². The zero-order valence-electron chi connectivity index (χ0n) is 18.3. The van der Waals surface area contributed by atoms with Crippen LogP contribution in [-0.4, -0.2) is 46.8 Å². The number of carbonyl (C=O) groups is 2. The number of allylic oxidation sites excluding steroid dienone is 1. The first-order valence-electron chi connectivity index (χ1n) is 11.3. The number of fused-ring (bicyclic) bond motifs is 1. The smallest absolute Gasteiger partial charge is 0.268 e. The molecule has 0 spiro atoms. The van der Waals surface area contributed by atoms with Gasteiger partial charge in [-0.15, -0.1) is 0 Å². The van der Waals surface area contributed by atoms with Gasteiger partial charge < -0.3 is 10.2 Å². The lowest BCUT2D eigenvalue weighted by Gasteiger charge is -2.19. The molecule has 8 heteroatoms. The van der Waals surface area contributed by atoms with Crippen molar-refractivity contribution in [1.82, 2.24) is 15.2 Å². The monoisotopic (exact) mass is 452 g/mol. The van der Waals surface area contributed by atoms with E-state index in [0.717, 1.165) is 10.5 Å². The number of hydrogen-bond acceptors (Lipinski definition) is 4. The first-order chi connectivity index (χ1) is 15.9. The van der Waals surface area contributed by atoms with E-state index in [0.29, 0.717) is 22.4 Å². The third-order valence-electron chi connectivity index (χ3n) is 6.36. The first-order valence-corrected chi connectivity index (χ1v) is 11.3. The molecule has 2 fully saturated rings. The van der Waals surface area contributed by atoms with Crippen LogP contribution in [0.5, 0.6) is 0 Å². The summed E-state index contributed by atoms with van der Waals surface area (Å²) in [6.45, 7) is -1.27. The number of amides is 2. The van der Waals surface area contributed by atoms with Crippen molar-refractivity contribution in [3.8, 4) is 6.07 Å². The van der Waals surface area contributed by atoms with Crippen LogP contribution in [0.25, 0.3) is 17.0 Å². The molecular weight excluding hydrogens is 426 g/mol. The number of likely N-dealkylation sites (tertiary alicyclic amines) is 1. The minimum Gasteiger partial charge on any atom is -0.343 e. The molecule has 1 atom stereocenters. The first kappa shape index (κ1) is 22.8. The van der Waals surface area contributed by atoms with E-state index in [1.54, 1.807) is 12.1 Å². The van der Waals surface area contributed by atoms with E-state index in [1.807, 2.05) is 18.2 Å². The van der Waals surface area contributed by atoms with Gasteiger partial charge in [0.05, 0.1) is 30.2 Å². The minimum atomic E-state index is -3.09. The summed E-state index contributed by atoms with van der Waals surface area (Å²) in [5, 5.41) is 12.2. The quantitative estimate of drug-likeness (QED) is 0.732. The fraction of sp³-hybridized carbons (Fsp3) is 0.440. The van der Waals surface area contributed by atoms with Crippen molar-refractivity contribution in [2.75, 3.05) is 13.1 Å². The van der Waals surface area contributed by atoms with Crippen molar-refractivity contribution in [3.05, 3.63) is 47.7 Å². The van der Waals surface area contributed by atoms with Gasteiger partial charge in [-0.1, -0.05) is 37.5 Å². The van der Waals surface area contributed by atoms with Gasteiger partial charge in [0.15, 0.2) is 0 Å². The minimum absolute atomic E-state index is 0.351. The predicted octanol–water partition coefficient (Wildman–Crippen LogP) is 4.32. The molecular formula is C25H26F2N4O2. The second kappa shape index (κ2) is 9.65. The fourth-order valence-electron chi connectivity index (χ4n) is 4.59. The molecule has 1 saturated heterocycles. The average Bonchev–Trinajstić information content (AvgIpc) is 3.15. The van der Waals surface area contributed by atoms with Gasteiger partial charge in [0.1, 0.15) is 6.04 Å². The molecule has 172 valence electrons. The molecule has 4 rings (SSSR count). The molecule has 6 nitrogen and oxygen atoms in total. The lowest BCUT2D eigenvalue weighted by Crippen LogP contribution is -2.43. The number of halogens is 2. The molecule has 33 heavy (non-hydrogen) atoms. The second-order valence-electron chi connectivity index (χ2n) is 8.80. The van der Waals surface area contributed by atoms with Crippen LogP contribution < -0.4 is 5.32 Å². The zero-order valence-corrected chi connectivity index (χ0v) is 18.3. The number of carbonyl (C=O) groups excluding carboxylic acids is 2. The molecule has 1 aliphatic heterocycles. The Morgan fingerprint density at radius 3 is 2.79 bits per heavy atom. The summed E-state index contributed by atoms with van der Waals surface area (Å²) >= 11 is 0. The van der Waals surface area contributed by atoms with Crippen molar-refractivity contribution in [3.63, 3.8) is 0 Å². The van der Waals surface area contributed by atoms with Crippen LogP contribution in [0.1, 0.15) is 54.4 Å². The molecule has 2 heterocycles. The standard InChI is InChI=1S/C25H26F2N4O2/c26-25(27)13-19(14-28)31(16-25)23(32)15-30-24(33)20-10-11-29-22-9-8-18(12-21(20)22)7-6-17-4-2-1-3-5-17/h6-12,17,19H,1-5,13,15-16H2,(H,30,33). The molecule has 2 amide bonds. The highest BCUT2D eigenvalue weighted by Crippen LogP contribution is 2.31. The van der Waals surface area contributed by atoms with Gasteiger partial charge >= 0.3 is 0 Å². The van der Waals surface area contributed by atoms with E-state index in [2.05, 4.69) is 22.5 Å². The Morgan fingerprint density at radius 1 is 1.24 bits per heavy atom. The Hall–Kier alpha value is -3.34. The molecule has 1 saturated carbocycles. The van der Waals surface area contributed by atoms with Crippen molar-refractivity contribution in [1.29, 1.82) is 5.26 Å². The van der Waals surface area contributed by atoms with Crippen LogP contribution >= 0.6 is 0 Å². The number of nitriles is 1. The SMILES string of the molecule is N#CC1CC(F)(F)CN1C(=O)CNC(=O)c1ccnc2ccc(C=CC3CCCCC3)cc12. The van der Waals surface area contributed by atoms with Gasteiger partial charge in [-0.2, -0.15) is 5.26 Å². The molecule has 1 aromatic carbocycles. The lowest BCUT2D eigenvalue weighted by atomic mass is 9.88. The Bertz CT molecular complexity index is 1120. The van der Waals surface area contributed by atoms with Gasteiger partial charge in [-0.05, 0) is 42.5 Å². The van der Waals surface area contributed by atoms with Crippen LogP contribution in [0.4, 0.5) is 8.78 Å². The maximum absolute atomic E-state index is 13.6. The van der Waals surface area contributed by atoms with E-state index < -0.39 is 43.3 Å². The number of nitrogens with one attached hydrogen (secondary N) is 1. The number of aromatic nitrogens is 1. The molecule has 2 aliphatic rings. The summed E-state index contributed by atoms with van der Waals surface area (Å²) in [6.07, 6.45) is 11.3. The highest BCUT2D eigenvalue weighted by Gasteiger charge is 2.47. The Labute approximate surface area is 191 Å². The molecule has 1 aliphatic carbocycles. The summed E-state index contributed by atoms with van der Waals surface area (Å²) in [6, 6.07) is 7.81. The molecule has 0 bridgehead atoms. The normalized spacial score (nSPS) is 20.8. The number of rotatable bonds is 5. The largest absolute Gasteiger partial charge is 0.343 e. The highest BCUT2D eigenvalue weighted by molar-refractivity contribution is 6.07. The molecule has 1 aromatic heterocycles. The predicted molar refractivity (Wildman–Crippen MR) is 120 cm³/mol. The van der Waals surface area contributed by atoms with Crippen LogP contribution in [0, 0.1) is 17.2 Å². The number of hydrogen-bond donors (Lipinski definition) is 1. The molecule has 1 N–H and O–H groups in total. The summed E-state index contributed by atoms with van der Waals surface area (Å²) in [5.74, 6) is -3.72. The highest BCUT2D eigenvalue weighted by atomic mass is 19.3. The van der Waals surface area contributed by atoms with Crippen LogP contribution in [-0.2, 0) is 4.79 Å². The summed E-state index contributed by atoms with van der Waals surface area (Å²) in [7, 11) is 0. The zero-order chi connectivity index (χ0) is 23.4. The Kier molecular flexibility index (Phi) is 6.68. The van der Waals surface area contributed by atoms with Crippen molar-refractivity contribution in [2.24, 2.45) is 5.92 Å². The topological polar surface area (TPSA) is 86.1 Å². The molecule has 2 aromatic rings. The van der Waals surface area contributed by atoms with E-state index >= 15 is 0 Å². The molecule has 1 unspecified atom stereocenters. The van der Waals surface area contributed by atoms with Crippen molar-refractivity contribution >= 4 is 28.8 Å². The van der Waals surface area contributed by atoms with E-state index in [9.17, 15) is 18.4 Å². The fourth-order valence-corrected chi connectivity index (χ4v) is 4.59. The van der Waals surface area contributed by atoms with E-state index in [-0.39, 0.29) is 0 Å².